The van der Waals surface area contributed by atoms with E-state index < -0.39 is 0 Å². The van der Waals surface area contributed by atoms with Crippen molar-refractivity contribution in [3.63, 3.8) is 0 Å². The molecule has 4 rings (SSSR count). The van der Waals surface area contributed by atoms with E-state index >= 15 is 0 Å². The first-order valence-corrected chi connectivity index (χ1v) is 9.60. The highest BCUT2D eigenvalue weighted by atomic mass is 35.5. The molecule has 0 bridgehead atoms. The summed E-state index contributed by atoms with van der Waals surface area (Å²) in [7, 11) is 0. The molecule has 1 aliphatic rings. The van der Waals surface area contributed by atoms with Crippen LogP contribution in [0.3, 0.4) is 0 Å². The summed E-state index contributed by atoms with van der Waals surface area (Å²) in [5.74, 6) is 1.48. The molecule has 0 amide bonds. The topological polar surface area (TPSA) is 48.0 Å². The van der Waals surface area contributed by atoms with Crippen molar-refractivity contribution >= 4 is 23.4 Å². The van der Waals surface area contributed by atoms with Crippen LogP contribution in [0, 0.1) is 0 Å². The summed E-state index contributed by atoms with van der Waals surface area (Å²) in [6.07, 6.45) is 4.55. The first-order valence-electron chi connectivity index (χ1n) is 8.23. The van der Waals surface area contributed by atoms with Gasteiger partial charge in [-0.2, -0.15) is 4.98 Å². The van der Waals surface area contributed by atoms with Crippen molar-refractivity contribution in [3.05, 3.63) is 80.7 Å². The maximum Gasteiger partial charge on any atom is 0.349 e. The zero-order valence-electron chi connectivity index (χ0n) is 13.6. The second kappa shape index (κ2) is 7.10. The lowest BCUT2D eigenvalue weighted by Crippen LogP contribution is -2.27. The van der Waals surface area contributed by atoms with Gasteiger partial charge in [-0.05, 0) is 43.0 Å². The molecule has 2 aromatic heterocycles. The van der Waals surface area contributed by atoms with E-state index in [-0.39, 0.29) is 5.69 Å². The number of benzene rings is 1. The van der Waals surface area contributed by atoms with Gasteiger partial charge in [0.25, 0.3) is 0 Å². The monoisotopic (exact) mass is 372 g/mol. The van der Waals surface area contributed by atoms with Gasteiger partial charge in [0, 0.05) is 22.0 Å². The standard InChI is InChI=1S/C19H17ClN2O2S/c20-16-8-2-1-5-13(16)12-25-18-15-7-3-9-17(15)22(19(23)21-18)11-14-6-4-10-24-14/h1-2,4-6,8,10H,3,7,9,11-12H2. The minimum Gasteiger partial charge on any atom is -0.467 e. The molecule has 0 radical (unpaired) electrons. The Labute approximate surface area is 154 Å². The number of fused-ring (bicyclic) bond motifs is 1. The molecule has 0 saturated heterocycles. The average molecular weight is 373 g/mol. The van der Waals surface area contributed by atoms with Crippen molar-refractivity contribution in [2.45, 2.75) is 36.6 Å². The van der Waals surface area contributed by atoms with E-state index in [4.69, 9.17) is 16.0 Å². The summed E-state index contributed by atoms with van der Waals surface area (Å²) >= 11 is 7.83. The van der Waals surface area contributed by atoms with E-state index in [0.29, 0.717) is 12.3 Å². The Morgan fingerprint density at radius 3 is 2.88 bits per heavy atom. The lowest BCUT2D eigenvalue weighted by Gasteiger charge is -2.13. The largest absolute Gasteiger partial charge is 0.467 e. The van der Waals surface area contributed by atoms with Gasteiger partial charge >= 0.3 is 5.69 Å². The summed E-state index contributed by atoms with van der Waals surface area (Å²) in [5, 5.41) is 1.59. The van der Waals surface area contributed by atoms with Gasteiger partial charge in [-0.3, -0.25) is 4.57 Å². The molecule has 3 aromatic rings. The van der Waals surface area contributed by atoms with E-state index in [1.807, 2.05) is 36.4 Å². The lowest BCUT2D eigenvalue weighted by molar-refractivity contribution is 0.481. The molecular formula is C19H17ClN2O2S. The minimum absolute atomic E-state index is 0.210. The van der Waals surface area contributed by atoms with Gasteiger partial charge in [-0.25, -0.2) is 4.79 Å². The maximum atomic E-state index is 12.6. The van der Waals surface area contributed by atoms with Crippen LogP contribution in [0.4, 0.5) is 0 Å². The summed E-state index contributed by atoms with van der Waals surface area (Å²) in [4.78, 5) is 16.9. The second-order valence-electron chi connectivity index (χ2n) is 6.02. The van der Waals surface area contributed by atoms with Crippen molar-refractivity contribution in [3.8, 4) is 0 Å². The molecule has 0 spiro atoms. The Bertz CT molecular complexity index is 951. The van der Waals surface area contributed by atoms with Crippen molar-refractivity contribution < 1.29 is 4.42 Å². The van der Waals surface area contributed by atoms with E-state index in [9.17, 15) is 4.79 Å². The number of hydrogen-bond acceptors (Lipinski definition) is 4. The minimum atomic E-state index is -0.210. The van der Waals surface area contributed by atoms with E-state index in [2.05, 4.69) is 4.98 Å². The van der Waals surface area contributed by atoms with Crippen molar-refractivity contribution in [2.75, 3.05) is 0 Å². The number of rotatable bonds is 5. The molecule has 0 aliphatic heterocycles. The third-order valence-corrected chi connectivity index (χ3v) is 5.85. The second-order valence-corrected chi connectivity index (χ2v) is 7.40. The molecule has 0 fully saturated rings. The number of hydrogen-bond donors (Lipinski definition) is 0. The molecule has 2 heterocycles. The predicted molar refractivity (Wildman–Crippen MR) is 99.3 cm³/mol. The molecule has 0 atom stereocenters. The van der Waals surface area contributed by atoms with Crippen LogP contribution in [0.1, 0.15) is 29.0 Å². The van der Waals surface area contributed by atoms with Crippen LogP contribution in [-0.2, 0) is 25.1 Å². The smallest absolute Gasteiger partial charge is 0.349 e. The molecule has 6 heteroatoms. The Balaban J connectivity index is 1.64. The molecule has 0 saturated carbocycles. The number of halogens is 1. The Kier molecular flexibility index (Phi) is 4.68. The van der Waals surface area contributed by atoms with Crippen LogP contribution in [0.15, 0.2) is 56.9 Å². The Morgan fingerprint density at radius 2 is 2.08 bits per heavy atom. The molecule has 1 aliphatic carbocycles. The number of furan rings is 1. The summed E-state index contributed by atoms with van der Waals surface area (Å²) in [6, 6.07) is 11.5. The number of thioether (sulfide) groups is 1. The predicted octanol–water partition coefficient (Wildman–Crippen LogP) is 4.32. The van der Waals surface area contributed by atoms with Crippen LogP contribution >= 0.6 is 23.4 Å². The van der Waals surface area contributed by atoms with Gasteiger partial charge in [0.05, 0.1) is 12.8 Å². The van der Waals surface area contributed by atoms with Crippen molar-refractivity contribution in [1.82, 2.24) is 9.55 Å². The lowest BCUT2D eigenvalue weighted by atomic mass is 10.2. The van der Waals surface area contributed by atoms with Gasteiger partial charge in [-0.15, -0.1) is 11.8 Å². The number of aromatic nitrogens is 2. The van der Waals surface area contributed by atoms with Crippen LogP contribution in [0.25, 0.3) is 0 Å². The Hall–Kier alpha value is -1.98. The maximum absolute atomic E-state index is 12.6. The summed E-state index contributed by atoms with van der Waals surface area (Å²) in [5.41, 5.74) is 3.14. The van der Waals surface area contributed by atoms with Gasteiger partial charge < -0.3 is 4.42 Å². The fourth-order valence-corrected chi connectivity index (χ4v) is 4.55. The average Bonchev–Trinajstić information content (AvgIpc) is 3.28. The van der Waals surface area contributed by atoms with E-state index in [1.54, 1.807) is 22.6 Å². The molecule has 0 unspecified atom stereocenters. The van der Waals surface area contributed by atoms with Gasteiger partial charge in [0.1, 0.15) is 10.8 Å². The first kappa shape index (κ1) is 16.5. The normalized spacial score (nSPS) is 13.2. The van der Waals surface area contributed by atoms with Gasteiger partial charge in [0.15, 0.2) is 0 Å². The fourth-order valence-electron chi connectivity index (χ4n) is 3.19. The quantitative estimate of drug-likeness (QED) is 0.494. The highest BCUT2D eigenvalue weighted by Gasteiger charge is 2.22. The molecule has 25 heavy (non-hydrogen) atoms. The first-order chi connectivity index (χ1) is 12.2. The van der Waals surface area contributed by atoms with Crippen LogP contribution < -0.4 is 5.69 Å². The zero-order chi connectivity index (χ0) is 17.2. The summed E-state index contributed by atoms with van der Waals surface area (Å²) < 4.78 is 7.14. The highest BCUT2D eigenvalue weighted by molar-refractivity contribution is 7.98. The molecule has 128 valence electrons. The SMILES string of the molecule is O=c1nc(SCc2ccccc2Cl)c2c(n1Cc1ccco1)CCC2. The van der Waals surface area contributed by atoms with Crippen LogP contribution in [0.5, 0.6) is 0 Å². The van der Waals surface area contributed by atoms with E-state index in [0.717, 1.165) is 46.3 Å². The third-order valence-electron chi connectivity index (χ3n) is 4.42. The molecular weight excluding hydrogens is 356 g/mol. The van der Waals surface area contributed by atoms with Crippen LogP contribution in [-0.4, -0.2) is 9.55 Å². The van der Waals surface area contributed by atoms with Crippen molar-refractivity contribution in [2.24, 2.45) is 0 Å². The summed E-state index contributed by atoms with van der Waals surface area (Å²) in [6.45, 7) is 0.441. The molecule has 1 aromatic carbocycles. The zero-order valence-corrected chi connectivity index (χ0v) is 15.1. The van der Waals surface area contributed by atoms with Crippen LogP contribution in [0.2, 0.25) is 5.02 Å². The molecule has 4 nitrogen and oxygen atoms in total. The Morgan fingerprint density at radius 1 is 1.20 bits per heavy atom. The van der Waals surface area contributed by atoms with Gasteiger partial charge in [-0.1, -0.05) is 29.8 Å². The van der Waals surface area contributed by atoms with Gasteiger partial charge in [0.2, 0.25) is 0 Å². The van der Waals surface area contributed by atoms with Crippen molar-refractivity contribution in [1.29, 1.82) is 0 Å². The third kappa shape index (κ3) is 3.39. The number of nitrogens with zero attached hydrogens (tertiary/aromatic N) is 2. The van der Waals surface area contributed by atoms with E-state index in [1.165, 1.54) is 5.56 Å². The highest BCUT2D eigenvalue weighted by Crippen LogP contribution is 2.32. The fraction of sp³-hybridized carbons (Fsp3) is 0.263. The molecule has 0 N–H and O–H groups in total.